The molecular weight excluding hydrogens is 311 g/mol. The van der Waals surface area contributed by atoms with E-state index in [1.807, 2.05) is 0 Å². The molecule has 2 N–H and O–H groups in total. The number of carbonyl (C=O) groups is 1. The van der Waals surface area contributed by atoms with E-state index in [-0.39, 0.29) is 11.3 Å². The molecule has 0 spiro atoms. The van der Waals surface area contributed by atoms with Gasteiger partial charge in [0.2, 0.25) is 0 Å². The zero-order valence-corrected chi connectivity index (χ0v) is 13.6. The standard InChI is InChI=1S/C15H20Cl2N2O2/c1-21-10-15(2-4-18-5-3-15)9-19-14(20)11-6-12(16)8-13(17)7-11/h6-8,18H,2-5,9-10H2,1H3,(H,19,20). The van der Waals surface area contributed by atoms with Gasteiger partial charge in [0.25, 0.3) is 5.91 Å². The molecule has 0 aromatic heterocycles. The van der Waals surface area contributed by atoms with Gasteiger partial charge in [-0.25, -0.2) is 0 Å². The van der Waals surface area contributed by atoms with Gasteiger partial charge in [0, 0.05) is 34.7 Å². The molecule has 1 amide bonds. The minimum absolute atomic E-state index is 0.00195. The average molecular weight is 331 g/mol. The second kappa shape index (κ2) is 7.45. The average Bonchev–Trinajstić information content (AvgIpc) is 2.45. The fourth-order valence-corrected chi connectivity index (χ4v) is 3.22. The first-order chi connectivity index (χ1) is 10.0. The zero-order valence-electron chi connectivity index (χ0n) is 12.0. The van der Waals surface area contributed by atoms with Crippen LogP contribution in [0, 0.1) is 5.41 Å². The number of halogens is 2. The Labute approximate surface area is 135 Å². The highest BCUT2D eigenvalue weighted by atomic mass is 35.5. The first kappa shape index (κ1) is 16.6. The van der Waals surface area contributed by atoms with Crippen LogP contribution >= 0.6 is 23.2 Å². The van der Waals surface area contributed by atoms with E-state index in [0.717, 1.165) is 25.9 Å². The second-order valence-corrected chi connectivity index (χ2v) is 6.40. The summed E-state index contributed by atoms with van der Waals surface area (Å²) < 4.78 is 5.34. The summed E-state index contributed by atoms with van der Waals surface area (Å²) in [5.41, 5.74) is 0.479. The summed E-state index contributed by atoms with van der Waals surface area (Å²) in [5, 5.41) is 7.23. The first-order valence-electron chi connectivity index (χ1n) is 6.99. The van der Waals surface area contributed by atoms with Crippen molar-refractivity contribution in [2.45, 2.75) is 12.8 Å². The number of ether oxygens (including phenoxy) is 1. The van der Waals surface area contributed by atoms with Crippen LogP contribution in [-0.4, -0.2) is 39.3 Å². The second-order valence-electron chi connectivity index (χ2n) is 5.52. The van der Waals surface area contributed by atoms with Gasteiger partial charge in [-0.2, -0.15) is 0 Å². The number of amides is 1. The van der Waals surface area contributed by atoms with E-state index >= 15 is 0 Å². The lowest BCUT2D eigenvalue weighted by Gasteiger charge is -2.37. The highest BCUT2D eigenvalue weighted by Crippen LogP contribution is 2.28. The Hall–Kier alpha value is -0.810. The SMILES string of the molecule is COCC1(CNC(=O)c2cc(Cl)cc(Cl)c2)CCNCC1. The molecule has 1 saturated heterocycles. The highest BCUT2D eigenvalue weighted by Gasteiger charge is 2.32. The van der Waals surface area contributed by atoms with E-state index in [1.54, 1.807) is 25.3 Å². The van der Waals surface area contributed by atoms with Crippen LogP contribution in [0.15, 0.2) is 18.2 Å². The van der Waals surface area contributed by atoms with Gasteiger partial charge in [0.05, 0.1) is 6.61 Å². The third kappa shape index (κ3) is 4.58. The van der Waals surface area contributed by atoms with Crippen LogP contribution in [0.3, 0.4) is 0 Å². The van der Waals surface area contributed by atoms with Gasteiger partial charge in [-0.1, -0.05) is 23.2 Å². The van der Waals surface area contributed by atoms with Gasteiger partial charge < -0.3 is 15.4 Å². The number of piperidine rings is 1. The van der Waals surface area contributed by atoms with Gasteiger partial charge in [-0.3, -0.25) is 4.79 Å². The van der Waals surface area contributed by atoms with Gasteiger partial charge >= 0.3 is 0 Å². The Morgan fingerprint density at radius 2 is 1.90 bits per heavy atom. The lowest BCUT2D eigenvalue weighted by Crippen LogP contribution is -2.47. The van der Waals surface area contributed by atoms with Crippen molar-refractivity contribution in [1.82, 2.24) is 10.6 Å². The topological polar surface area (TPSA) is 50.4 Å². The molecule has 116 valence electrons. The molecule has 1 aromatic carbocycles. The molecule has 4 nitrogen and oxygen atoms in total. The zero-order chi connectivity index (χ0) is 15.3. The molecule has 0 aliphatic carbocycles. The van der Waals surface area contributed by atoms with E-state index in [2.05, 4.69) is 10.6 Å². The van der Waals surface area contributed by atoms with E-state index in [9.17, 15) is 4.79 Å². The maximum Gasteiger partial charge on any atom is 0.251 e. The molecule has 1 aromatic rings. The molecule has 6 heteroatoms. The molecule has 1 heterocycles. The Bertz CT molecular complexity index is 477. The molecule has 2 rings (SSSR count). The Morgan fingerprint density at radius 3 is 2.48 bits per heavy atom. The van der Waals surface area contributed by atoms with E-state index < -0.39 is 0 Å². The summed E-state index contributed by atoms with van der Waals surface area (Å²) in [6.45, 7) is 3.13. The molecule has 0 bridgehead atoms. The number of hydrogen-bond donors (Lipinski definition) is 2. The summed E-state index contributed by atoms with van der Waals surface area (Å²) in [6.07, 6.45) is 1.97. The number of methoxy groups -OCH3 is 1. The van der Waals surface area contributed by atoms with E-state index in [4.69, 9.17) is 27.9 Å². The summed E-state index contributed by atoms with van der Waals surface area (Å²) >= 11 is 11.9. The Kier molecular flexibility index (Phi) is 5.88. The van der Waals surface area contributed by atoms with Crippen molar-refractivity contribution >= 4 is 29.1 Å². The minimum Gasteiger partial charge on any atom is -0.384 e. The van der Waals surface area contributed by atoms with Crippen molar-refractivity contribution in [3.05, 3.63) is 33.8 Å². The number of hydrogen-bond acceptors (Lipinski definition) is 3. The van der Waals surface area contributed by atoms with Gasteiger partial charge in [0.1, 0.15) is 0 Å². The summed E-state index contributed by atoms with van der Waals surface area (Å²) in [5.74, 6) is -0.159. The lowest BCUT2D eigenvalue weighted by atomic mass is 9.79. The van der Waals surface area contributed by atoms with Gasteiger partial charge in [0.15, 0.2) is 0 Å². The van der Waals surface area contributed by atoms with Crippen LogP contribution in [0.25, 0.3) is 0 Å². The predicted molar refractivity (Wildman–Crippen MR) is 85.2 cm³/mol. The van der Waals surface area contributed by atoms with E-state index in [0.29, 0.717) is 28.8 Å². The van der Waals surface area contributed by atoms with Crippen LogP contribution in [-0.2, 0) is 4.74 Å². The number of rotatable bonds is 5. The number of benzene rings is 1. The molecule has 21 heavy (non-hydrogen) atoms. The summed E-state index contributed by atoms with van der Waals surface area (Å²) in [6, 6.07) is 4.85. The molecular formula is C15H20Cl2N2O2. The van der Waals surface area contributed by atoms with Crippen molar-refractivity contribution in [2.24, 2.45) is 5.41 Å². The molecule has 0 unspecified atom stereocenters. The largest absolute Gasteiger partial charge is 0.384 e. The van der Waals surface area contributed by atoms with Gasteiger partial charge in [-0.15, -0.1) is 0 Å². The predicted octanol–water partition coefficient (Wildman–Crippen LogP) is 2.74. The molecule has 0 atom stereocenters. The van der Waals surface area contributed by atoms with Crippen molar-refractivity contribution in [2.75, 3.05) is 33.4 Å². The van der Waals surface area contributed by atoms with Crippen LogP contribution in [0.2, 0.25) is 10.0 Å². The first-order valence-corrected chi connectivity index (χ1v) is 7.74. The smallest absolute Gasteiger partial charge is 0.251 e. The van der Waals surface area contributed by atoms with Crippen LogP contribution in [0.1, 0.15) is 23.2 Å². The van der Waals surface area contributed by atoms with E-state index in [1.165, 1.54) is 0 Å². The van der Waals surface area contributed by atoms with Crippen LogP contribution in [0.4, 0.5) is 0 Å². The van der Waals surface area contributed by atoms with Crippen molar-refractivity contribution in [3.8, 4) is 0 Å². The minimum atomic E-state index is -0.159. The highest BCUT2D eigenvalue weighted by molar-refractivity contribution is 6.35. The van der Waals surface area contributed by atoms with Gasteiger partial charge in [-0.05, 0) is 44.1 Å². The van der Waals surface area contributed by atoms with Crippen LogP contribution in [0.5, 0.6) is 0 Å². The molecule has 1 aliphatic rings. The molecule has 0 radical (unpaired) electrons. The maximum atomic E-state index is 12.3. The number of carbonyl (C=O) groups excluding carboxylic acids is 1. The van der Waals surface area contributed by atoms with Crippen molar-refractivity contribution in [3.63, 3.8) is 0 Å². The lowest BCUT2D eigenvalue weighted by molar-refractivity contribution is 0.0512. The fourth-order valence-electron chi connectivity index (χ4n) is 2.69. The molecule has 1 fully saturated rings. The number of nitrogens with one attached hydrogen (secondary N) is 2. The fraction of sp³-hybridized carbons (Fsp3) is 0.533. The van der Waals surface area contributed by atoms with Crippen molar-refractivity contribution in [1.29, 1.82) is 0 Å². The Balaban J connectivity index is 2.01. The third-order valence-electron chi connectivity index (χ3n) is 3.86. The quantitative estimate of drug-likeness (QED) is 0.872. The molecule has 0 saturated carbocycles. The summed E-state index contributed by atoms with van der Waals surface area (Å²) in [4.78, 5) is 12.3. The maximum absolute atomic E-state index is 12.3. The molecule has 1 aliphatic heterocycles. The Morgan fingerprint density at radius 1 is 1.29 bits per heavy atom. The third-order valence-corrected chi connectivity index (χ3v) is 4.30. The van der Waals surface area contributed by atoms with Crippen molar-refractivity contribution < 1.29 is 9.53 Å². The normalized spacial score (nSPS) is 17.5. The monoisotopic (exact) mass is 330 g/mol. The summed E-state index contributed by atoms with van der Waals surface area (Å²) in [7, 11) is 1.70. The van der Waals surface area contributed by atoms with Crippen LogP contribution < -0.4 is 10.6 Å².